The number of hydrogen-bond donors (Lipinski definition) is 4. The second-order valence-corrected chi connectivity index (χ2v) is 6.48. The molecule has 144 valence electrons. The highest BCUT2D eigenvalue weighted by molar-refractivity contribution is 7.80. The number of carboxylic acids is 1. The van der Waals surface area contributed by atoms with Gasteiger partial charge in [0.05, 0.1) is 28.2 Å². The van der Waals surface area contributed by atoms with E-state index in [1.54, 1.807) is 31.2 Å². The maximum atomic E-state index is 12.7. The van der Waals surface area contributed by atoms with E-state index in [4.69, 9.17) is 4.55 Å². The van der Waals surface area contributed by atoms with Gasteiger partial charge in [-0.15, -0.1) is 0 Å². The molecule has 2 aromatic carbocycles. The van der Waals surface area contributed by atoms with Crippen molar-refractivity contribution in [3.8, 4) is 5.69 Å². The number of aliphatic imine (C=N–C) groups is 1. The van der Waals surface area contributed by atoms with Crippen LogP contribution in [0.25, 0.3) is 5.69 Å². The number of aromatic carboxylic acids is 1. The Bertz CT molecular complexity index is 1130. The minimum Gasteiger partial charge on any atom is -0.478 e. The van der Waals surface area contributed by atoms with Gasteiger partial charge in [0.2, 0.25) is 0 Å². The fourth-order valence-electron chi connectivity index (χ4n) is 2.59. The van der Waals surface area contributed by atoms with Gasteiger partial charge >= 0.3 is 5.97 Å². The molecule has 1 unspecified atom stereocenters. The third-order valence-electron chi connectivity index (χ3n) is 3.90. The Morgan fingerprint density at radius 1 is 1.25 bits per heavy atom. The summed E-state index contributed by atoms with van der Waals surface area (Å²) in [6, 6.07) is 12.9. The van der Waals surface area contributed by atoms with Gasteiger partial charge in [-0.05, 0) is 37.3 Å². The zero-order valence-corrected chi connectivity index (χ0v) is 15.4. The Labute approximate surface area is 161 Å². The lowest BCUT2D eigenvalue weighted by Crippen LogP contribution is -2.17. The van der Waals surface area contributed by atoms with E-state index in [9.17, 15) is 18.9 Å². The first-order valence-electron chi connectivity index (χ1n) is 8.03. The summed E-state index contributed by atoms with van der Waals surface area (Å²) >= 11 is -2.31. The Balaban J connectivity index is 2.02. The summed E-state index contributed by atoms with van der Waals surface area (Å²) in [5, 5.41) is 12.3. The molecule has 1 heterocycles. The largest absolute Gasteiger partial charge is 0.478 e. The molecule has 0 saturated carbocycles. The normalized spacial score (nSPS) is 12.2. The van der Waals surface area contributed by atoms with Gasteiger partial charge in [0, 0.05) is 11.9 Å². The van der Waals surface area contributed by atoms with Crippen molar-refractivity contribution in [2.75, 3.05) is 4.72 Å². The molecule has 0 spiro atoms. The summed E-state index contributed by atoms with van der Waals surface area (Å²) in [7, 11) is 0. The van der Waals surface area contributed by atoms with Crippen molar-refractivity contribution in [2.45, 2.75) is 6.92 Å². The van der Waals surface area contributed by atoms with Crippen molar-refractivity contribution in [3.63, 3.8) is 0 Å². The molecule has 10 heteroatoms. The molecule has 0 aliphatic carbocycles. The van der Waals surface area contributed by atoms with Gasteiger partial charge in [-0.3, -0.25) is 24.2 Å². The molecular formula is C18H16N4O5S. The van der Waals surface area contributed by atoms with Gasteiger partial charge in [-0.25, -0.2) is 13.7 Å². The number of aromatic amines is 1. The van der Waals surface area contributed by atoms with Crippen LogP contribution in [0.15, 0.2) is 58.3 Å². The summed E-state index contributed by atoms with van der Waals surface area (Å²) in [6.07, 6.45) is 1.27. The second-order valence-electron chi connectivity index (χ2n) is 5.77. The van der Waals surface area contributed by atoms with E-state index < -0.39 is 17.2 Å². The molecule has 0 saturated heterocycles. The molecule has 28 heavy (non-hydrogen) atoms. The molecule has 0 radical (unpaired) electrons. The van der Waals surface area contributed by atoms with Crippen LogP contribution in [0.4, 0.5) is 11.4 Å². The van der Waals surface area contributed by atoms with E-state index in [1.807, 2.05) is 6.07 Å². The second kappa shape index (κ2) is 8.03. The van der Waals surface area contributed by atoms with Gasteiger partial charge in [-0.2, -0.15) is 0 Å². The number of H-pyrrole nitrogens is 1. The summed E-state index contributed by atoms with van der Waals surface area (Å²) in [5.41, 5.74) is 1.28. The lowest BCUT2D eigenvalue weighted by molar-refractivity contribution is 0.0698. The third-order valence-corrected chi connectivity index (χ3v) is 4.31. The minimum absolute atomic E-state index is 0.0363. The van der Waals surface area contributed by atoms with Gasteiger partial charge in [0.15, 0.2) is 0 Å². The van der Waals surface area contributed by atoms with Crippen molar-refractivity contribution in [1.82, 2.24) is 9.78 Å². The molecule has 0 bridgehead atoms. The summed E-state index contributed by atoms with van der Waals surface area (Å²) < 4.78 is 23.4. The quantitative estimate of drug-likeness (QED) is 0.372. The highest BCUT2D eigenvalue weighted by Crippen LogP contribution is 2.24. The first-order chi connectivity index (χ1) is 13.4. The average Bonchev–Trinajstić information content (AvgIpc) is 2.94. The summed E-state index contributed by atoms with van der Waals surface area (Å²) in [6.45, 7) is 1.70. The van der Waals surface area contributed by atoms with Crippen LogP contribution in [-0.2, 0) is 11.3 Å². The number of para-hydroxylation sites is 1. The van der Waals surface area contributed by atoms with Crippen LogP contribution in [-0.4, -0.2) is 35.8 Å². The van der Waals surface area contributed by atoms with Crippen molar-refractivity contribution < 1.29 is 18.7 Å². The van der Waals surface area contributed by atoms with E-state index in [0.29, 0.717) is 11.4 Å². The lowest BCUT2D eigenvalue weighted by atomic mass is 10.1. The van der Waals surface area contributed by atoms with Crippen LogP contribution in [0.1, 0.15) is 21.6 Å². The third kappa shape index (κ3) is 4.08. The Hall–Kier alpha value is -3.50. The predicted molar refractivity (Wildman–Crippen MR) is 106 cm³/mol. The highest BCUT2D eigenvalue weighted by Gasteiger charge is 2.13. The van der Waals surface area contributed by atoms with Crippen molar-refractivity contribution in [3.05, 3.63) is 75.7 Å². The number of benzene rings is 2. The monoisotopic (exact) mass is 400 g/mol. The number of aromatic nitrogens is 2. The lowest BCUT2D eigenvalue weighted by Gasteiger charge is -2.05. The summed E-state index contributed by atoms with van der Waals surface area (Å²) in [4.78, 5) is 28.2. The standard InChI is InChI=1S/C18H16N4O5S/c1-11-15(17(23)22(20-11)13-5-3-2-4-6-13)10-19-16-9-12(21-28(26)27)7-8-14(16)18(24)25/h2-10,20-21H,1H3,(H,24,25)(H,26,27). The van der Waals surface area contributed by atoms with E-state index in [2.05, 4.69) is 14.8 Å². The molecule has 9 nitrogen and oxygen atoms in total. The first kappa shape index (κ1) is 19.3. The molecule has 0 aliphatic rings. The number of aryl methyl sites for hydroxylation is 1. The van der Waals surface area contributed by atoms with E-state index in [0.717, 1.165) is 0 Å². The molecule has 1 aromatic heterocycles. The smallest absolute Gasteiger partial charge is 0.337 e. The Morgan fingerprint density at radius 2 is 1.96 bits per heavy atom. The zero-order chi connectivity index (χ0) is 20.3. The minimum atomic E-state index is -2.31. The number of anilines is 1. The molecular weight excluding hydrogens is 384 g/mol. The fourth-order valence-corrected chi connectivity index (χ4v) is 2.92. The molecule has 3 aromatic rings. The Kier molecular flexibility index (Phi) is 5.52. The highest BCUT2D eigenvalue weighted by atomic mass is 32.2. The number of hydrogen-bond acceptors (Lipinski definition) is 4. The van der Waals surface area contributed by atoms with E-state index in [-0.39, 0.29) is 28.1 Å². The molecule has 4 N–H and O–H groups in total. The molecule has 3 rings (SSSR count). The van der Waals surface area contributed by atoms with Crippen LogP contribution in [0.3, 0.4) is 0 Å². The molecule has 0 fully saturated rings. The molecule has 0 amide bonds. The molecule has 1 atom stereocenters. The first-order valence-corrected chi connectivity index (χ1v) is 9.13. The number of carbonyl (C=O) groups is 1. The topological polar surface area (TPSA) is 137 Å². The number of nitrogens with one attached hydrogen (secondary N) is 2. The fraction of sp³-hybridized carbons (Fsp3) is 0.0556. The van der Waals surface area contributed by atoms with Crippen LogP contribution >= 0.6 is 0 Å². The number of nitrogens with zero attached hydrogens (tertiary/aromatic N) is 2. The predicted octanol–water partition coefficient (Wildman–Crippen LogP) is 2.47. The maximum Gasteiger partial charge on any atom is 0.337 e. The van der Waals surface area contributed by atoms with E-state index >= 15 is 0 Å². The molecule has 0 aliphatic heterocycles. The number of carboxylic acid groups (broad SMARTS) is 1. The van der Waals surface area contributed by atoms with Crippen LogP contribution in [0.2, 0.25) is 0 Å². The Morgan fingerprint density at radius 3 is 2.61 bits per heavy atom. The van der Waals surface area contributed by atoms with E-state index in [1.165, 1.54) is 29.1 Å². The number of rotatable bonds is 6. The summed E-state index contributed by atoms with van der Waals surface area (Å²) in [5.74, 6) is -1.21. The van der Waals surface area contributed by atoms with Gasteiger partial charge < -0.3 is 5.11 Å². The van der Waals surface area contributed by atoms with Crippen molar-refractivity contribution in [1.29, 1.82) is 0 Å². The van der Waals surface area contributed by atoms with Gasteiger partial charge in [-0.1, -0.05) is 18.2 Å². The van der Waals surface area contributed by atoms with Gasteiger partial charge in [0.25, 0.3) is 16.8 Å². The van der Waals surface area contributed by atoms with Gasteiger partial charge in [0.1, 0.15) is 0 Å². The van der Waals surface area contributed by atoms with Crippen LogP contribution < -0.4 is 10.3 Å². The van der Waals surface area contributed by atoms with Crippen LogP contribution in [0, 0.1) is 6.92 Å². The van der Waals surface area contributed by atoms with Crippen molar-refractivity contribution in [2.24, 2.45) is 4.99 Å². The van der Waals surface area contributed by atoms with Crippen molar-refractivity contribution >= 4 is 34.8 Å². The average molecular weight is 400 g/mol. The maximum absolute atomic E-state index is 12.7. The SMILES string of the molecule is Cc1[nH]n(-c2ccccc2)c(=O)c1C=Nc1cc(NS(=O)O)ccc1C(=O)O. The van der Waals surface area contributed by atoms with Crippen LogP contribution in [0.5, 0.6) is 0 Å². The zero-order valence-electron chi connectivity index (χ0n) is 14.6.